The molecule has 0 spiro atoms. The molecule has 0 aliphatic rings. The van der Waals surface area contributed by atoms with Gasteiger partial charge in [-0.15, -0.1) is 5.10 Å². The monoisotopic (exact) mass is 565 g/mol. The highest BCUT2D eigenvalue weighted by atomic mass is 19.4. The molecule has 41 heavy (non-hydrogen) atoms. The van der Waals surface area contributed by atoms with Crippen LogP contribution in [0.15, 0.2) is 55.0 Å². The summed E-state index contributed by atoms with van der Waals surface area (Å²) in [5.74, 6) is 0.0512. The third-order valence-electron chi connectivity index (χ3n) is 6.91. The molecule has 0 aliphatic heterocycles. The molecule has 2 heterocycles. The van der Waals surface area contributed by atoms with Crippen LogP contribution in [0.1, 0.15) is 66.2 Å². The van der Waals surface area contributed by atoms with Gasteiger partial charge in [-0.2, -0.15) is 13.2 Å². The third kappa shape index (κ3) is 7.31. The van der Waals surface area contributed by atoms with Crippen molar-refractivity contribution in [3.8, 4) is 22.7 Å². The van der Waals surface area contributed by atoms with Gasteiger partial charge in [-0.1, -0.05) is 32.1 Å². The number of nitrogens with zero attached hydrogens (tertiary/aromatic N) is 4. The summed E-state index contributed by atoms with van der Waals surface area (Å²) in [5.41, 5.74) is 3.18. The molecule has 0 saturated heterocycles. The Balaban J connectivity index is 1.61. The van der Waals surface area contributed by atoms with Crippen LogP contribution in [0.4, 0.5) is 18.9 Å². The van der Waals surface area contributed by atoms with E-state index in [1.165, 1.54) is 6.92 Å². The van der Waals surface area contributed by atoms with E-state index in [2.05, 4.69) is 41.4 Å². The highest BCUT2D eigenvalue weighted by Gasteiger charge is 2.34. The fourth-order valence-corrected chi connectivity index (χ4v) is 4.59. The second-order valence-electron chi connectivity index (χ2n) is 11.3. The lowest BCUT2D eigenvalue weighted by Crippen LogP contribution is -2.16. The van der Waals surface area contributed by atoms with Crippen LogP contribution in [0.2, 0.25) is 0 Å². The molecule has 0 fully saturated rings. The van der Waals surface area contributed by atoms with E-state index in [4.69, 9.17) is 4.74 Å². The summed E-state index contributed by atoms with van der Waals surface area (Å²) in [6, 6.07) is 9.45. The molecule has 1 N–H and O–H groups in total. The van der Waals surface area contributed by atoms with Crippen molar-refractivity contribution in [2.24, 2.45) is 5.41 Å². The number of aryl methyl sites for hydroxylation is 2. The summed E-state index contributed by atoms with van der Waals surface area (Å²) in [4.78, 5) is 17.4. The van der Waals surface area contributed by atoms with Gasteiger partial charge in [0.2, 0.25) is 0 Å². The molecule has 0 saturated carbocycles. The minimum absolute atomic E-state index is 0.0748. The molecule has 2 aromatic carbocycles. The van der Waals surface area contributed by atoms with Crippen molar-refractivity contribution in [1.29, 1.82) is 0 Å². The number of alkyl halides is 3. The normalized spacial score (nSPS) is 11.9. The number of pyridine rings is 1. The SMILES string of the molecule is COc1cncc(-c2cn(-c3cc(C(=O)Nc4cc(CCCC(C)(C)C)c(C)c(C(F)(F)F)c4)ccc3C)nn2)c1. The molecule has 0 aliphatic carbocycles. The van der Waals surface area contributed by atoms with Crippen molar-refractivity contribution in [2.45, 2.75) is 60.1 Å². The minimum Gasteiger partial charge on any atom is -0.495 e. The Morgan fingerprint density at radius 1 is 1.05 bits per heavy atom. The standard InChI is InChI=1S/C31H34F3N5O2/c1-19-9-10-22(14-28(19)39-18-27(37-38-39)23-13-25(41-6)17-35-16-23)29(40)36-24-12-21(8-7-11-30(3,4)5)20(2)26(15-24)31(32,33)34/h9-10,12-18H,7-8,11H2,1-6H3,(H,36,40). The van der Waals surface area contributed by atoms with Crippen molar-refractivity contribution in [3.63, 3.8) is 0 Å². The van der Waals surface area contributed by atoms with E-state index in [0.29, 0.717) is 34.7 Å². The number of amides is 1. The van der Waals surface area contributed by atoms with Crippen molar-refractivity contribution >= 4 is 11.6 Å². The number of ether oxygens (including phenoxy) is 1. The molecule has 0 unspecified atom stereocenters. The second kappa shape index (κ2) is 11.7. The zero-order valence-electron chi connectivity index (χ0n) is 24.1. The fourth-order valence-electron chi connectivity index (χ4n) is 4.59. The van der Waals surface area contributed by atoms with E-state index < -0.39 is 17.6 Å². The number of methoxy groups -OCH3 is 1. The minimum atomic E-state index is -4.54. The average molecular weight is 566 g/mol. The van der Waals surface area contributed by atoms with E-state index in [1.807, 2.05) is 6.92 Å². The van der Waals surface area contributed by atoms with Crippen molar-refractivity contribution in [1.82, 2.24) is 20.0 Å². The first-order chi connectivity index (χ1) is 19.2. The van der Waals surface area contributed by atoms with Crippen LogP contribution in [0.25, 0.3) is 16.9 Å². The maximum absolute atomic E-state index is 13.9. The summed E-state index contributed by atoms with van der Waals surface area (Å²) < 4.78 is 48.4. The Morgan fingerprint density at radius 3 is 2.49 bits per heavy atom. The van der Waals surface area contributed by atoms with E-state index in [-0.39, 0.29) is 22.2 Å². The second-order valence-corrected chi connectivity index (χ2v) is 11.3. The van der Waals surface area contributed by atoms with Crippen molar-refractivity contribution < 1.29 is 22.7 Å². The Labute approximate surface area is 237 Å². The number of anilines is 1. The molecular formula is C31H34F3N5O2. The molecule has 216 valence electrons. The summed E-state index contributed by atoms with van der Waals surface area (Å²) >= 11 is 0. The first-order valence-electron chi connectivity index (χ1n) is 13.3. The van der Waals surface area contributed by atoms with Gasteiger partial charge < -0.3 is 10.1 Å². The molecule has 4 rings (SSSR count). The largest absolute Gasteiger partial charge is 0.495 e. The van der Waals surface area contributed by atoms with Gasteiger partial charge in [0.25, 0.3) is 5.91 Å². The number of halogens is 3. The van der Waals surface area contributed by atoms with Gasteiger partial charge in [0.05, 0.1) is 30.8 Å². The van der Waals surface area contributed by atoms with Crippen LogP contribution in [0.5, 0.6) is 5.75 Å². The van der Waals surface area contributed by atoms with E-state index in [1.54, 1.807) is 60.7 Å². The quantitative estimate of drug-likeness (QED) is 0.238. The topological polar surface area (TPSA) is 81.9 Å². The van der Waals surface area contributed by atoms with Crippen molar-refractivity contribution in [3.05, 3.63) is 82.8 Å². The highest BCUT2D eigenvalue weighted by Crippen LogP contribution is 2.36. The molecule has 2 aromatic heterocycles. The number of hydrogen-bond acceptors (Lipinski definition) is 5. The van der Waals surface area contributed by atoms with Crippen LogP contribution >= 0.6 is 0 Å². The van der Waals surface area contributed by atoms with E-state index in [9.17, 15) is 18.0 Å². The Bertz CT molecular complexity index is 1550. The summed E-state index contributed by atoms with van der Waals surface area (Å²) in [6.07, 6.45) is 2.50. The zero-order chi connectivity index (χ0) is 29.9. The molecule has 7 nitrogen and oxygen atoms in total. The molecule has 0 radical (unpaired) electrons. The maximum Gasteiger partial charge on any atom is 0.416 e. The van der Waals surface area contributed by atoms with Crippen LogP contribution in [0.3, 0.4) is 0 Å². The lowest BCUT2D eigenvalue weighted by atomic mass is 9.88. The van der Waals surface area contributed by atoms with Gasteiger partial charge in [-0.05, 0) is 85.5 Å². The Hall–Kier alpha value is -4.21. The van der Waals surface area contributed by atoms with Gasteiger partial charge in [0.15, 0.2) is 0 Å². The van der Waals surface area contributed by atoms with E-state index in [0.717, 1.165) is 24.5 Å². The van der Waals surface area contributed by atoms with Crippen LogP contribution in [-0.4, -0.2) is 33.0 Å². The molecule has 0 atom stereocenters. The maximum atomic E-state index is 13.9. The Morgan fingerprint density at radius 2 is 1.80 bits per heavy atom. The predicted octanol–water partition coefficient (Wildman–Crippen LogP) is 7.59. The number of rotatable bonds is 8. The number of benzene rings is 2. The summed E-state index contributed by atoms with van der Waals surface area (Å²) in [6.45, 7) is 9.66. The van der Waals surface area contributed by atoms with Gasteiger partial charge in [0.1, 0.15) is 11.4 Å². The smallest absolute Gasteiger partial charge is 0.416 e. The first-order valence-corrected chi connectivity index (χ1v) is 13.3. The Kier molecular flexibility index (Phi) is 8.51. The molecule has 4 aromatic rings. The van der Waals surface area contributed by atoms with Gasteiger partial charge in [-0.25, -0.2) is 4.68 Å². The lowest BCUT2D eigenvalue weighted by Gasteiger charge is -2.20. The lowest BCUT2D eigenvalue weighted by molar-refractivity contribution is -0.138. The predicted molar refractivity (Wildman–Crippen MR) is 152 cm³/mol. The summed E-state index contributed by atoms with van der Waals surface area (Å²) in [7, 11) is 1.55. The van der Waals surface area contributed by atoms with Gasteiger partial charge in [0, 0.05) is 23.0 Å². The van der Waals surface area contributed by atoms with Crippen LogP contribution in [0, 0.1) is 19.3 Å². The third-order valence-corrected chi connectivity index (χ3v) is 6.91. The molecule has 1 amide bonds. The van der Waals surface area contributed by atoms with Crippen LogP contribution < -0.4 is 10.1 Å². The number of carbonyl (C=O) groups excluding carboxylic acids is 1. The number of carbonyl (C=O) groups is 1. The number of nitrogens with one attached hydrogen (secondary N) is 1. The van der Waals surface area contributed by atoms with Crippen molar-refractivity contribution in [2.75, 3.05) is 12.4 Å². The fraction of sp³-hybridized carbons (Fsp3) is 0.355. The molecule has 10 heteroatoms. The van der Waals surface area contributed by atoms with Crippen LogP contribution in [-0.2, 0) is 12.6 Å². The first kappa shape index (κ1) is 29.8. The van der Waals surface area contributed by atoms with Gasteiger partial charge >= 0.3 is 6.18 Å². The molecular weight excluding hydrogens is 531 g/mol. The zero-order valence-corrected chi connectivity index (χ0v) is 24.1. The number of aromatic nitrogens is 4. The molecule has 0 bridgehead atoms. The number of hydrogen-bond donors (Lipinski definition) is 1. The highest BCUT2D eigenvalue weighted by molar-refractivity contribution is 6.04. The summed E-state index contributed by atoms with van der Waals surface area (Å²) in [5, 5.41) is 11.1. The average Bonchev–Trinajstić information content (AvgIpc) is 3.39. The van der Waals surface area contributed by atoms with Gasteiger partial charge in [-0.3, -0.25) is 9.78 Å². The van der Waals surface area contributed by atoms with E-state index >= 15 is 0 Å².